The number of nitrogens with one attached hydrogen (secondary N) is 1. The smallest absolute Gasteiger partial charge is 0.261 e. The van der Waals surface area contributed by atoms with Crippen LogP contribution in [0.25, 0.3) is 0 Å². The fourth-order valence-electron chi connectivity index (χ4n) is 3.63. The molecule has 0 saturated heterocycles. The minimum absolute atomic E-state index is 0.139. The van der Waals surface area contributed by atoms with E-state index < -0.39 is 6.04 Å². The molecule has 0 heterocycles. The van der Waals surface area contributed by atoms with Crippen molar-refractivity contribution in [3.05, 3.63) is 97.4 Å². The van der Waals surface area contributed by atoms with Gasteiger partial charge in [-0.05, 0) is 47.4 Å². The first-order valence-corrected chi connectivity index (χ1v) is 13.7. The molecule has 0 aliphatic heterocycles. The Hall–Kier alpha value is -2.25. The van der Waals surface area contributed by atoms with Gasteiger partial charge in [0.25, 0.3) is 5.91 Å². The van der Waals surface area contributed by atoms with Gasteiger partial charge < -0.3 is 15.0 Å². The zero-order valence-corrected chi connectivity index (χ0v) is 24.4. The molecule has 0 bridgehead atoms. The van der Waals surface area contributed by atoms with Gasteiger partial charge in [-0.1, -0.05) is 101 Å². The summed E-state index contributed by atoms with van der Waals surface area (Å²) in [4.78, 5) is 28.6. The van der Waals surface area contributed by atoms with Crippen LogP contribution in [-0.2, 0) is 22.6 Å². The van der Waals surface area contributed by atoms with Crippen molar-refractivity contribution in [2.75, 3.05) is 13.2 Å². The maximum absolute atomic E-state index is 13.6. The van der Waals surface area contributed by atoms with E-state index in [1.54, 1.807) is 36.4 Å². The number of nitrogens with zero attached hydrogens (tertiary/aromatic N) is 1. The number of carbonyl (C=O) groups is 2. The highest BCUT2D eigenvalue weighted by molar-refractivity contribution is 9.10. The van der Waals surface area contributed by atoms with Gasteiger partial charge in [0.2, 0.25) is 5.91 Å². The Morgan fingerprint density at radius 2 is 1.65 bits per heavy atom. The van der Waals surface area contributed by atoms with Gasteiger partial charge in [0.1, 0.15) is 11.8 Å². The van der Waals surface area contributed by atoms with Gasteiger partial charge in [0.05, 0.1) is 15.1 Å². The molecule has 3 rings (SSSR count). The average molecular weight is 627 g/mol. The van der Waals surface area contributed by atoms with E-state index in [1.165, 1.54) is 4.90 Å². The Labute approximate surface area is 241 Å². The zero-order chi connectivity index (χ0) is 26.9. The second-order valence-corrected chi connectivity index (χ2v) is 11.1. The van der Waals surface area contributed by atoms with Gasteiger partial charge in [-0.25, -0.2) is 0 Å². The predicted molar refractivity (Wildman–Crippen MR) is 153 cm³/mol. The monoisotopic (exact) mass is 624 g/mol. The molecule has 0 saturated carbocycles. The summed E-state index contributed by atoms with van der Waals surface area (Å²) in [5, 5.41) is 4.13. The Morgan fingerprint density at radius 3 is 2.30 bits per heavy atom. The van der Waals surface area contributed by atoms with Crippen LogP contribution in [0.15, 0.2) is 71.2 Å². The third-order valence-electron chi connectivity index (χ3n) is 5.54. The van der Waals surface area contributed by atoms with E-state index in [1.807, 2.05) is 44.2 Å². The third kappa shape index (κ3) is 8.92. The second kappa shape index (κ2) is 14.1. The Bertz CT molecular complexity index is 1220. The number of rotatable bonds is 11. The van der Waals surface area contributed by atoms with Crippen LogP contribution in [0.4, 0.5) is 0 Å². The van der Waals surface area contributed by atoms with Crippen molar-refractivity contribution in [1.29, 1.82) is 0 Å². The van der Waals surface area contributed by atoms with E-state index in [9.17, 15) is 9.59 Å². The van der Waals surface area contributed by atoms with E-state index >= 15 is 0 Å². The van der Waals surface area contributed by atoms with Gasteiger partial charge >= 0.3 is 0 Å². The highest BCUT2D eigenvalue weighted by Crippen LogP contribution is 2.28. The highest BCUT2D eigenvalue weighted by Gasteiger charge is 2.31. The quantitative estimate of drug-likeness (QED) is 0.245. The van der Waals surface area contributed by atoms with E-state index in [0.717, 1.165) is 15.6 Å². The molecule has 1 unspecified atom stereocenters. The van der Waals surface area contributed by atoms with E-state index in [4.69, 9.17) is 39.5 Å². The number of hydrogen-bond acceptors (Lipinski definition) is 3. The average Bonchev–Trinajstić information content (AvgIpc) is 2.86. The molecule has 9 heteroatoms. The van der Waals surface area contributed by atoms with Crippen LogP contribution in [0.2, 0.25) is 15.1 Å². The van der Waals surface area contributed by atoms with E-state index in [-0.39, 0.29) is 30.9 Å². The molecule has 0 aliphatic rings. The summed E-state index contributed by atoms with van der Waals surface area (Å²) in [6, 6.07) is 19.1. The number of halogens is 4. The van der Waals surface area contributed by atoms with Crippen molar-refractivity contribution in [2.45, 2.75) is 32.9 Å². The summed E-state index contributed by atoms with van der Waals surface area (Å²) in [7, 11) is 0. The number of benzene rings is 3. The molecule has 1 atom stereocenters. The molecular formula is C28H28BrCl3N2O3. The molecule has 3 aromatic rings. The SMILES string of the molecule is CC(C)CNC(=O)C(Cc1ccccc1)N(Cc1ccc(Cl)c(Cl)c1)C(=O)COc1ccc(Br)cc1Cl. The molecule has 1 N–H and O–H groups in total. The maximum Gasteiger partial charge on any atom is 0.261 e. The first-order chi connectivity index (χ1) is 17.6. The molecule has 0 fully saturated rings. The summed E-state index contributed by atoms with van der Waals surface area (Å²) < 4.78 is 6.56. The normalized spacial score (nSPS) is 11.8. The largest absolute Gasteiger partial charge is 0.482 e. The van der Waals surface area contributed by atoms with Crippen molar-refractivity contribution >= 4 is 62.5 Å². The minimum Gasteiger partial charge on any atom is -0.482 e. The number of ether oxygens (including phenoxy) is 1. The van der Waals surface area contributed by atoms with Gasteiger partial charge in [0.15, 0.2) is 6.61 Å². The summed E-state index contributed by atoms with van der Waals surface area (Å²) in [5.74, 6) is 0.0123. The fraction of sp³-hybridized carbons (Fsp3) is 0.286. The van der Waals surface area contributed by atoms with Gasteiger partial charge in [-0.15, -0.1) is 0 Å². The topological polar surface area (TPSA) is 58.6 Å². The molecule has 0 aromatic heterocycles. The van der Waals surface area contributed by atoms with Crippen LogP contribution in [0.5, 0.6) is 5.75 Å². The second-order valence-electron chi connectivity index (χ2n) is 8.98. The third-order valence-corrected chi connectivity index (χ3v) is 7.07. The maximum atomic E-state index is 13.6. The molecule has 0 radical (unpaired) electrons. The Balaban J connectivity index is 1.93. The lowest BCUT2D eigenvalue weighted by molar-refractivity contribution is -0.142. The Kier molecular flexibility index (Phi) is 11.1. The lowest BCUT2D eigenvalue weighted by Gasteiger charge is -2.32. The summed E-state index contributed by atoms with van der Waals surface area (Å²) in [6.07, 6.45) is 0.330. The summed E-state index contributed by atoms with van der Waals surface area (Å²) in [6.45, 7) is 4.36. The van der Waals surface area contributed by atoms with Crippen molar-refractivity contribution in [3.63, 3.8) is 0 Å². The lowest BCUT2D eigenvalue weighted by Crippen LogP contribution is -2.52. The van der Waals surface area contributed by atoms with E-state index in [0.29, 0.717) is 33.8 Å². The molecule has 37 heavy (non-hydrogen) atoms. The van der Waals surface area contributed by atoms with Gasteiger partial charge in [-0.2, -0.15) is 0 Å². The molecular weight excluding hydrogens is 599 g/mol. The van der Waals surface area contributed by atoms with Crippen LogP contribution in [0.1, 0.15) is 25.0 Å². The van der Waals surface area contributed by atoms with Crippen molar-refractivity contribution in [1.82, 2.24) is 10.2 Å². The molecule has 5 nitrogen and oxygen atoms in total. The predicted octanol–water partition coefficient (Wildman–Crippen LogP) is 7.20. The summed E-state index contributed by atoms with van der Waals surface area (Å²) in [5.41, 5.74) is 1.66. The summed E-state index contributed by atoms with van der Waals surface area (Å²) >= 11 is 22.0. The standard InChI is InChI=1S/C28H28BrCl3N2O3/c1-18(2)15-33-28(36)25(13-19-6-4-3-5-7-19)34(16-20-8-10-22(30)23(31)12-20)27(35)17-37-26-11-9-21(29)14-24(26)32/h3-12,14,18,25H,13,15-17H2,1-2H3,(H,33,36). The number of amides is 2. The highest BCUT2D eigenvalue weighted by atomic mass is 79.9. The first-order valence-electron chi connectivity index (χ1n) is 11.8. The molecule has 3 aromatic carbocycles. The molecule has 0 spiro atoms. The van der Waals surface area contributed by atoms with Gasteiger partial charge in [0, 0.05) is 24.0 Å². The number of hydrogen-bond donors (Lipinski definition) is 1. The van der Waals surface area contributed by atoms with Crippen LogP contribution < -0.4 is 10.1 Å². The van der Waals surface area contributed by atoms with Crippen LogP contribution >= 0.6 is 50.7 Å². The fourth-order valence-corrected chi connectivity index (χ4v) is 4.67. The Morgan fingerprint density at radius 1 is 0.919 bits per heavy atom. The first kappa shape index (κ1) is 29.3. The lowest BCUT2D eigenvalue weighted by atomic mass is 10.0. The van der Waals surface area contributed by atoms with Crippen molar-refractivity contribution < 1.29 is 14.3 Å². The minimum atomic E-state index is -0.785. The van der Waals surface area contributed by atoms with Crippen LogP contribution in [0, 0.1) is 5.92 Å². The van der Waals surface area contributed by atoms with Crippen molar-refractivity contribution in [3.8, 4) is 5.75 Å². The van der Waals surface area contributed by atoms with Crippen LogP contribution in [-0.4, -0.2) is 35.9 Å². The van der Waals surface area contributed by atoms with Crippen LogP contribution in [0.3, 0.4) is 0 Å². The molecule has 196 valence electrons. The number of carbonyl (C=O) groups excluding carboxylic acids is 2. The molecule has 0 aliphatic carbocycles. The van der Waals surface area contributed by atoms with Gasteiger partial charge in [-0.3, -0.25) is 9.59 Å². The van der Waals surface area contributed by atoms with Crippen molar-refractivity contribution in [2.24, 2.45) is 5.92 Å². The van der Waals surface area contributed by atoms with E-state index in [2.05, 4.69) is 21.2 Å². The zero-order valence-electron chi connectivity index (χ0n) is 20.5. The molecule has 2 amide bonds.